The summed E-state index contributed by atoms with van der Waals surface area (Å²) in [4.78, 5) is 11.7. The van der Waals surface area contributed by atoms with E-state index in [4.69, 9.17) is 4.74 Å². The summed E-state index contributed by atoms with van der Waals surface area (Å²) in [6, 6.07) is 9.76. The highest BCUT2D eigenvalue weighted by Gasteiger charge is 2.11. The van der Waals surface area contributed by atoms with Crippen molar-refractivity contribution in [1.82, 2.24) is 10.2 Å². The van der Waals surface area contributed by atoms with E-state index in [9.17, 15) is 13.2 Å². The number of carbonyl (C=O) groups is 1. The third kappa shape index (κ3) is 4.16. The molecule has 116 valence electrons. The van der Waals surface area contributed by atoms with Crippen molar-refractivity contribution in [2.75, 3.05) is 23.4 Å². The lowest BCUT2D eigenvalue weighted by atomic mass is 10.2. The molecule has 0 saturated heterocycles. The van der Waals surface area contributed by atoms with Crippen LogP contribution in [0.4, 0.5) is 17.3 Å². The number of carbonyl (C=O) groups excluding carboxylic acids is 1. The standard InChI is InChI=1S/C13H14N4O4S/c1-21-13(18)9-5-3-4-6-10(9)14-11-7-8-12(16-15-11)17-22(2,19)20/h3-8H,1-2H3,(H,14,15)(H,16,17). The maximum atomic E-state index is 11.7. The van der Waals surface area contributed by atoms with Gasteiger partial charge < -0.3 is 10.1 Å². The quantitative estimate of drug-likeness (QED) is 0.800. The van der Waals surface area contributed by atoms with Gasteiger partial charge in [-0.1, -0.05) is 12.1 Å². The summed E-state index contributed by atoms with van der Waals surface area (Å²) in [5.74, 6) is -0.0175. The van der Waals surface area contributed by atoms with Gasteiger partial charge in [-0.15, -0.1) is 10.2 Å². The number of esters is 1. The van der Waals surface area contributed by atoms with E-state index in [1.54, 1.807) is 24.3 Å². The highest BCUT2D eigenvalue weighted by atomic mass is 32.2. The second-order valence-electron chi connectivity index (χ2n) is 4.34. The molecule has 0 atom stereocenters. The molecule has 0 amide bonds. The summed E-state index contributed by atoms with van der Waals surface area (Å²) in [7, 11) is -2.11. The SMILES string of the molecule is COC(=O)c1ccccc1Nc1ccc(NS(C)(=O)=O)nn1. The van der Waals surface area contributed by atoms with Crippen LogP contribution in [0.2, 0.25) is 0 Å². The second-order valence-corrected chi connectivity index (χ2v) is 6.09. The van der Waals surface area contributed by atoms with Crippen LogP contribution in [-0.2, 0) is 14.8 Å². The smallest absolute Gasteiger partial charge is 0.339 e. The molecule has 2 rings (SSSR count). The number of rotatable bonds is 5. The predicted molar refractivity (Wildman–Crippen MR) is 81.6 cm³/mol. The molecule has 1 aromatic carbocycles. The molecule has 2 N–H and O–H groups in total. The topological polar surface area (TPSA) is 110 Å². The van der Waals surface area contributed by atoms with Crippen molar-refractivity contribution in [2.24, 2.45) is 0 Å². The van der Waals surface area contributed by atoms with E-state index in [0.29, 0.717) is 17.1 Å². The molecule has 8 nitrogen and oxygen atoms in total. The molecular formula is C13H14N4O4S. The van der Waals surface area contributed by atoms with Gasteiger partial charge >= 0.3 is 5.97 Å². The first-order valence-corrected chi connectivity index (χ1v) is 8.04. The largest absolute Gasteiger partial charge is 0.465 e. The zero-order valence-electron chi connectivity index (χ0n) is 11.9. The van der Waals surface area contributed by atoms with Crippen LogP contribution in [-0.4, -0.2) is 38.0 Å². The minimum absolute atomic E-state index is 0.106. The normalized spacial score (nSPS) is 10.8. The average Bonchev–Trinajstić information content (AvgIpc) is 2.47. The van der Waals surface area contributed by atoms with Gasteiger partial charge in [-0.25, -0.2) is 13.2 Å². The highest BCUT2D eigenvalue weighted by Crippen LogP contribution is 2.20. The molecule has 0 aliphatic carbocycles. The van der Waals surface area contributed by atoms with E-state index in [-0.39, 0.29) is 5.82 Å². The average molecular weight is 322 g/mol. The van der Waals surface area contributed by atoms with Crippen LogP contribution in [0.5, 0.6) is 0 Å². The van der Waals surface area contributed by atoms with E-state index < -0.39 is 16.0 Å². The zero-order valence-corrected chi connectivity index (χ0v) is 12.7. The lowest BCUT2D eigenvalue weighted by Crippen LogP contribution is -2.11. The fraction of sp³-hybridized carbons (Fsp3) is 0.154. The first-order valence-electron chi connectivity index (χ1n) is 6.15. The molecule has 0 unspecified atom stereocenters. The molecular weight excluding hydrogens is 308 g/mol. The maximum absolute atomic E-state index is 11.7. The molecule has 0 aliphatic rings. The highest BCUT2D eigenvalue weighted by molar-refractivity contribution is 7.92. The van der Waals surface area contributed by atoms with Gasteiger partial charge in [-0.2, -0.15) is 0 Å². The Kier molecular flexibility index (Phi) is 4.56. The zero-order chi connectivity index (χ0) is 16.2. The first kappa shape index (κ1) is 15.7. The number of nitrogens with zero attached hydrogens (tertiary/aromatic N) is 2. The van der Waals surface area contributed by atoms with Gasteiger partial charge in [0.15, 0.2) is 11.6 Å². The Balaban J connectivity index is 2.20. The van der Waals surface area contributed by atoms with Crippen molar-refractivity contribution in [3.05, 3.63) is 42.0 Å². The van der Waals surface area contributed by atoms with E-state index in [2.05, 4.69) is 20.2 Å². The van der Waals surface area contributed by atoms with Crippen LogP contribution in [0.3, 0.4) is 0 Å². The third-order valence-corrected chi connectivity index (χ3v) is 3.13. The molecule has 1 aromatic heterocycles. The molecule has 22 heavy (non-hydrogen) atoms. The third-order valence-electron chi connectivity index (χ3n) is 2.55. The predicted octanol–water partition coefficient (Wildman–Crippen LogP) is 1.38. The minimum atomic E-state index is -3.40. The van der Waals surface area contributed by atoms with Gasteiger partial charge in [0.1, 0.15) is 0 Å². The first-order chi connectivity index (χ1) is 10.4. The molecule has 0 spiro atoms. The Bertz CT molecular complexity index is 775. The minimum Gasteiger partial charge on any atom is -0.465 e. The fourth-order valence-electron chi connectivity index (χ4n) is 1.66. The Morgan fingerprint density at radius 3 is 2.32 bits per heavy atom. The van der Waals surface area contributed by atoms with Gasteiger partial charge in [0.05, 0.1) is 24.6 Å². The van der Waals surface area contributed by atoms with Crippen molar-refractivity contribution >= 4 is 33.3 Å². The number of aromatic nitrogens is 2. The summed E-state index contributed by atoms with van der Waals surface area (Å²) in [6.07, 6.45) is 1.02. The summed E-state index contributed by atoms with van der Waals surface area (Å²) in [6.45, 7) is 0. The van der Waals surface area contributed by atoms with Crippen LogP contribution < -0.4 is 10.0 Å². The Morgan fingerprint density at radius 2 is 1.73 bits per heavy atom. The Hall–Kier alpha value is -2.68. The van der Waals surface area contributed by atoms with Crippen LogP contribution in [0.15, 0.2) is 36.4 Å². The second kappa shape index (κ2) is 6.39. The number of nitrogens with one attached hydrogen (secondary N) is 2. The van der Waals surface area contributed by atoms with Crippen LogP contribution in [0.25, 0.3) is 0 Å². The van der Waals surface area contributed by atoms with Crippen LogP contribution in [0.1, 0.15) is 10.4 Å². The van der Waals surface area contributed by atoms with E-state index in [1.165, 1.54) is 19.2 Å². The van der Waals surface area contributed by atoms with Gasteiger partial charge in [0.25, 0.3) is 0 Å². The van der Waals surface area contributed by atoms with Crippen molar-refractivity contribution in [1.29, 1.82) is 0 Å². The summed E-state index contributed by atoms with van der Waals surface area (Å²) >= 11 is 0. The monoisotopic (exact) mass is 322 g/mol. The molecule has 0 bridgehead atoms. The number of benzene rings is 1. The van der Waals surface area contributed by atoms with Gasteiger partial charge in [-0.3, -0.25) is 4.72 Å². The molecule has 1 heterocycles. The van der Waals surface area contributed by atoms with Crippen LogP contribution in [0, 0.1) is 0 Å². The lowest BCUT2D eigenvalue weighted by molar-refractivity contribution is 0.0602. The van der Waals surface area contributed by atoms with E-state index >= 15 is 0 Å². The molecule has 9 heteroatoms. The van der Waals surface area contributed by atoms with E-state index in [1.807, 2.05) is 0 Å². The molecule has 0 radical (unpaired) electrons. The number of ether oxygens (including phenoxy) is 1. The summed E-state index contributed by atoms with van der Waals surface area (Å²) < 4.78 is 29.1. The number of hydrogen-bond acceptors (Lipinski definition) is 7. The number of anilines is 3. The van der Waals surface area contributed by atoms with Crippen molar-refractivity contribution in [3.63, 3.8) is 0 Å². The maximum Gasteiger partial charge on any atom is 0.339 e. The lowest BCUT2D eigenvalue weighted by Gasteiger charge is -2.10. The van der Waals surface area contributed by atoms with Gasteiger partial charge in [0, 0.05) is 0 Å². The molecule has 0 aliphatic heterocycles. The Morgan fingerprint density at radius 1 is 1.09 bits per heavy atom. The molecule has 0 saturated carbocycles. The van der Waals surface area contributed by atoms with Crippen molar-refractivity contribution in [3.8, 4) is 0 Å². The molecule has 2 aromatic rings. The summed E-state index contributed by atoms with van der Waals surface area (Å²) in [5.41, 5.74) is 0.859. The summed E-state index contributed by atoms with van der Waals surface area (Å²) in [5, 5.41) is 10.5. The van der Waals surface area contributed by atoms with Crippen LogP contribution >= 0.6 is 0 Å². The van der Waals surface area contributed by atoms with Gasteiger partial charge in [-0.05, 0) is 24.3 Å². The Labute approximate surface area is 127 Å². The van der Waals surface area contributed by atoms with E-state index in [0.717, 1.165) is 6.26 Å². The van der Waals surface area contributed by atoms with Crippen molar-refractivity contribution in [2.45, 2.75) is 0 Å². The number of methoxy groups -OCH3 is 1. The van der Waals surface area contributed by atoms with Gasteiger partial charge in [0.2, 0.25) is 10.0 Å². The number of hydrogen-bond donors (Lipinski definition) is 2. The van der Waals surface area contributed by atoms with Crippen molar-refractivity contribution < 1.29 is 17.9 Å². The molecule has 0 fully saturated rings. The fourth-order valence-corrected chi connectivity index (χ4v) is 2.15. The number of para-hydroxylation sites is 1. The number of sulfonamides is 1.